The molecule has 2 aromatic rings. The molecule has 0 aliphatic carbocycles. The summed E-state index contributed by atoms with van der Waals surface area (Å²) in [6.45, 7) is 0. The molecule has 0 aliphatic rings. The Morgan fingerprint density at radius 2 is 2.33 bits per heavy atom. The van der Waals surface area contributed by atoms with Crippen LogP contribution < -0.4 is 5.32 Å². The summed E-state index contributed by atoms with van der Waals surface area (Å²) >= 11 is 7.58. The summed E-state index contributed by atoms with van der Waals surface area (Å²) in [5.41, 5.74) is 3.69. The first-order valence-corrected chi connectivity index (χ1v) is 4.78. The lowest BCUT2D eigenvalue weighted by molar-refractivity contribution is 1.46. The maximum Gasteiger partial charge on any atom is 0.106 e. The van der Waals surface area contributed by atoms with E-state index < -0.39 is 0 Å². The molecule has 1 aromatic heterocycles. The van der Waals surface area contributed by atoms with Crippen LogP contribution >= 0.6 is 22.9 Å². The van der Waals surface area contributed by atoms with Crippen LogP contribution in [0.5, 0.6) is 0 Å². The highest BCUT2D eigenvalue weighted by Crippen LogP contribution is 2.31. The Bertz CT molecular complexity index is 410. The smallest absolute Gasteiger partial charge is 0.106 e. The van der Waals surface area contributed by atoms with E-state index in [2.05, 4.69) is 10.3 Å². The fraction of sp³-hybridized carbons (Fsp3) is 0.125. The number of thiazole rings is 1. The number of hydrogen-bond donors (Lipinski definition) is 1. The highest BCUT2D eigenvalue weighted by atomic mass is 35.5. The van der Waals surface area contributed by atoms with E-state index in [1.54, 1.807) is 11.3 Å². The molecular weight excluding hydrogens is 192 g/mol. The molecule has 1 aromatic carbocycles. The zero-order valence-electron chi connectivity index (χ0n) is 6.47. The van der Waals surface area contributed by atoms with Crippen molar-refractivity contribution < 1.29 is 0 Å². The van der Waals surface area contributed by atoms with Gasteiger partial charge in [0.15, 0.2) is 0 Å². The SMILES string of the molecule is CNc1c(Cl)ccc2scnc12. The number of anilines is 1. The van der Waals surface area contributed by atoms with Crippen molar-refractivity contribution in [3.63, 3.8) is 0 Å². The Hall–Kier alpha value is -0.800. The van der Waals surface area contributed by atoms with Crippen molar-refractivity contribution in [1.29, 1.82) is 0 Å². The van der Waals surface area contributed by atoms with Gasteiger partial charge in [-0.15, -0.1) is 11.3 Å². The van der Waals surface area contributed by atoms with E-state index in [1.165, 1.54) is 0 Å². The summed E-state index contributed by atoms with van der Waals surface area (Å²) in [5.74, 6) is 0. The monoisotopic (exact) mass is 198 g/mol. The van der Waals surface area contributed by atoms with Crippen LogP contribution in [-0.2, 0) is 0 Å². The molecule has 0 bridgehead atoms. The van der Waals surface area contributed by atoms with E-state index in [4.69, 9.17) is 11.6 Å². The molecule has 2 rings (SSSR count). The van der Waals surface area contributed by atoms with Crippen molar-refractivity contribution in [2.24, 2.45) is 0 Å². The van der Waals surface area contributed by atoms with E-state index in [1.807, 2.05) is 24.7 Å². The van der Waals surface area contributed by atoms with E-state index >= 15 is 0 Å². The maximum atomic E-state index is 5.96. The third-order valence-corrected chi connectivity index (χ3v) is 2.81. The van der Waals surface area contributed by atoms with Gasteiger partial charge < -0.3 is 5.32 Å². The van der Waals surface area contributed by atoms with E-state index in [-0.39, 0.29) is 0 Å². The van der Waals surface area contributed by atoms with Crippen molar-refractivity contribution in [2.75, 3.05) is 12.4 Å². The molecule has 0 unspecified atom stereocenters. The van der Waals surface area contributed by atoms with Gasteiger partial charge >= 0.3 is 0 Å². The van der Waals surface area contributed by atoms with Crippen LogP contribution in [0.15, 0.2) is 17.6 Å². The summed E-state index contributed by atoms with van der Waals surface area (Å²) in [7, 11) is 1.85. The van der Waals surface area contributed by atoms with Gasteiger partial charge in [-0.05, 0) is 12.1 Å². The molecule has 0 amide bonds. The van der Waals surface area contributed by atoms with Crippen LogP contribution in [0.4, 0.5) is 5.69 Å². The van der Waals surface area contributed by atoms with Crippen molar-refractivity contribution in [1.82, 2.24) is 4.98 Å². The topological polar surface area (TPSA) is 24.9 Å². The van der Waals surface area contributed by atoms with Gasteiger partial charge in [0.2, 0.25) is 0 Å². The maximum absolute atomic E-state index is 5.96. The van der Waals surface area contributed by atoms with Gasteiger partial charge in [-0.3, -0.25) is 0 Å². The van der Waals surface area contributed by atoms with Crippen LogP contribution in [0, 0.1) is 0 Å². The highest BCUT2D eigenvalue weighted by Gasteiger charge is 2.05. The molecule has 0 aliphatic heterocycles. The lowest BCUT2D eigenvalue weighted by Crippen LogP contribution is -1.89. The molecule has 2 nitrogen and oxygen atoms in total. The quantitative estimate of drug-likeness (QED) is 0.762. The number of aromatic nitrogens is 1. The predicted octanol–water partition coefficient (Wildman–Crippen LogP) is 2.99. The summed E-state index contributed by atoms with van der Waals surface area (Å²) in [6, 6.07) is 3.87. The van der Waals surface area contributed by atoms with Gasteiger partial charge in [0.05, 0.1) is 20.9 Å². The Kier molecular flexibility index (Phi) is 1.90. The molecule has 0 fully saturated rings. The summed E-state index contributed by atoms with van der Waals surface area (Å²) in [5, 5.41) is 3.76. The normalized spacial score (nSPS) is 10.5. The van der Waals surface area contributed by atoms with Gasteiger partial charge in [-0.2, -0.15) is 0 Å². The van der Waals surface area contributed by atoms with Crippen LogP contribution in [0.25, 0.3) is 10.2 Å². The molecule has 0 atom stereocenters. The van der Waals surface area contributed by atoms with Crippen LogP contribution in [0.2, 0.25) is 5.02 Å². The molecule has 0 saturated carbocycles. The minimum Gasteiger partial charge on any atom is -0.385 e. The lowest BCUT2D eigenvalue weighted by Gasteiger charge is -2.02. The standard InChI is InChI=1S/C8H7ClN2S/c1-10-7-5(9)2-3-6-8(7)11-4-12-6/h2-4,10H,1H3. The summed E-state index contributed by atoms with van der Waals surface area (Å²) in [6.07, 6.45) is 0. The number of nitrogens with zero attached hydrogens (tertiary/aromatic N) is 1. The average molecular weight is 199 g/mol. The highest BCUT2D eigenvalue weighted by molar-refractivity contribution is 7.16. The second kappa shape index (κ2) is 2.92. The fourth-order valence-corrected chi connectivity index (χ4v) is 2.08. The number of halogens is 1. The minimum absolute atomic E-state index is 0.718. The fourth-order valence-electron chi connectivity index (χ4n) is 1.14. The number of rotatable bonds is 1. The molecule has 0 saturated heterocycles. The number of nitrogens with one attached hydrogen (secondary N) is 1. The van der Waals surface area contributed by atoms with Crippen molar-refractivity contribution in [2.45, 2.75) is 0 Å². The molecule has 0 spiro atoms. The zero-order chi connectivity index (χ0) is 8.55. The van der Waals surface area contributed by atoms with Crippen molar-refractivity contribution in [3.05, 3.63) is 22.7 Å². The van der Waals surface area contributed by atoms with Gasteiger partial charge in [-0.25, -0.2) is 4.98 Å². The molecule has 1 heterocycles. The number of hydrogen-bond acceptors (Lipinski definition) is 3. The predicted molar refractivity (Wildman–Crippen MR) is 54.2 cm³/mol. The third-order valence-electron chi connectivity index (χ3n) is 1.70. The molecule has 1 N–H and O–H groups in total. The molecule has 4 heteroatoms. The number of benzene rings is 1. The van der Waals surface area contributed by atoms with Gasteiger partial charge in [0, 0.05) is 7.05 Å². The Morgan fingerprint density at radius 3 is 3.08 bits per heavy atom. The van der Waals surface area contributed by atoms with Crippen molar-refractivity contribution >= 4 is 38.8 Å². The first-order chi connectivity index (χ1) is 5.83. The molecular formula is C8H7ClN2S. The van der Waals surface area contributed by atoms with Gasteiger partial charge in [0.1, 0.15) is 5.52 Å². The van der Waals surface area contributed by atoms with E-state index in [0.29, 0.717) is 0 Å². The average Bonchev–Trinajstić information content (AvgIpc) is 2.52. The third kappa shape index (κ3) is 1.06. The van der Waals surface area contributed by atoms with Crippen molar-refractivity contribution in [3.8, 4) is 0 Å². The summed E-state index contributed by atoms with van der Waals surface area (Å²) in [4.78, 5) is 4.22. The van der Waals surface area contributed by atoms with Gasteiger partial charge in [0.25, 0.3) is 0 Å². The molecule has 12 heavy (non-hydrogen) atoms. The van der Waals surface area contributed by atoms with Crippen LogP contribution in [0.3, 0.4) is 0 Å². The first-order valence-electron chi connectivity index (χ1n) is 3.52. The minimum atomic E-state index is 0.718. The largest absolute Gasteiger partial charge is 0.385 e. The van der Waals surface area contributed by atoms with Crippen LogP contribution in [0.1, 0.15) is 0 Å². The van der Waals surface area contributed by atoms with E-state index in [0.717, 1.165) is 20.9 Å². The first kappa shape index (κ1) is 7.83. The number of fused-ring (bicyclic) bond motifs is 1. The second-order valence-electron chi connectivity index (χ2n) is 2.37. The van der Waals surface area contributed by atoms with E-state index in [9.17, 15) is 0 Å². The molecule has 62 valence electrons. The Labute approximate surface area is 79.2 Å². The summed E-state index contributed by atoms with van der Waals surface area (Å²) < 4.78 is 1.16. The Morgan fingerprint density at radius 1 is 1.50 bits per heavy atom. The second-order valence-corrected chi connectivity index (χ2v) is 3.67. The zero-order valence-corrected chi connectivity index (χ0v) is 8.04. The molecule has 0 radical (unpaired) electrons. The Balaban J connectivity index is 2.83. The van der Waals surface area contributed by atoms with Gasteiger partial charge in [-0.1, -0.05) is 11.6 Å². The lowest BCUT2D eigenvalue weighted by atomic mass is 10.3. The van der Waals surface area contributed by atoms with Crippen LogP contribution in [-0.4, -0.2) is 12.0 Å².